The van der Waals surface area contributed by atoms with Crippen molar-refractivity contribution in [1.29, 1.82) is 0 Å². The summed E-state index contributed by atoms with van der Waals surface area (Å²) in [6.07, 6.45) is 7.93. The van der Waals surface area contributed by atoms with Gasteiger partial charge < -0.3 is 20.3 Å². The number of aliphatic imine (C=N–C) groups is 1. The molecule has 3 aliphatic heterocycles. The summed E-state index contributed by atoms with van der Waals surface area (Å²) in [7, 11) is 1.84. The van der Waals surface area contributed by atoms with Gasteiger partial charge in [0.25, 0.3) is 0 Å². The van der Waals surface area contributed by atoms with Gasteiger partial charge in [0.2, 0.25) is 5.95 Å². The predicted octanol–water partition coefficient (Wildman–Crippen LogP) is 0.0835. The zero-order valence-electron chi connectivity index (χ0n) is 15.5. The highest BCUT2D eigenvalue weighted by atomic mass is 16.5. The van der Waals surface area contributed by atoms with Gasteiger partial charge in [-0.15, -0.1) is 0 Å². The molecule has 142 valence electrons. The first-order valence-electron chi connectivity index (χ1n) is 9.69. The van der Waals surface area contributed by atoms with Gasteiger partial charge in [0.05, 0.1) is 18.2 Å². The normalized spacial score (nSPS) is 29.2. The lowest BCUT2D eigenvalue weighted by Gasteiger charge is -2.34. The maximum absolute atomic E-state index is 5.91. The van der Waals surface area contributed by atoms with Crippen molar-refractivity contribution in [3.63, 3.8) is 0 Å². The summed E-state index contributed by atoms with van der Waals surface area (Å²) in [4.78, 5) is 17.8. The molecule has 2 bridgehead atoms. The number of hydrogen-bond donors (Lipinski definition) is 2. The SMILES string of the molecule is CN=C(NCCN1CCN(c2ncccn2)CC1)NC1CC2CCC1O2. The fraction of sp³-hybridized carbons (Fsp3) is 0.722. The highest BCUT2D eigenvalue weighted by Crippen LogP contribution is 2.34. The first-order chi connectivity index (χ1) is 12.8. The van der Waals surface area contributed by atoms with Crippen LogP contribution in [-0.4, -0.2) is 85.4 Å². The topological polar surface area (TPSA) is 77.9 Å². The van der Waals surface area contributed by atoms with Gasteiger partial charge >= 0.3 is 0 Å². The molecule has 0 saturated carbocycles. The number of nitrogens with zero attached hydrogens (tertiary/aromatic N) is 5. The Kier molecular flexibility index (Phi) is 5.50. The number of ether oxygens (including phenoxy) is 1. The van der Waals surface area contributed by atoms with Crippen LogP contribution in [0.25, 0.3) is 0 Å². The summed E-state index contributed by atoms with van der Waals surface area (Å²) in [5.41, 5.74) is 0. The predicted molar refractivity (Wildman–Crippen MR) is 101 cm³/mol. The van der Waals surface area contributed by atoms with E-state index in [1.165, 1.54) is 12.8 Å². The van der Waals surface area contributed by atoms with E-state index in [4.69, 9.17) is 4.74 Å². The molecule has 4 heterocycles. The maximum atomic E-state index is 5.91. The zero-order valence-corrected chi connectivity index (χ0v) is 15.5. The number of rotatable bonds is 5. The zero-order chi connectivity index (χ0) is 17.8. The highest BCUT2D eigenvalue weighted by molar-refractivity contribution is 5.80. The van der Waals surface area contributed by atoms with E-state index in [1.54, 1.807) is 12.4 Å². The van der Waals surface area contributed by atoms with Gasteiger partial charge in [-0.1, -0.05) is 0 Å². The number of aromatic nitrogens is 2. The fourth-order valence-electron chi connectivity index (χ4n) is 4.12. The van der Waals surface area contributed by atoms with Gasteiger partial charge in [0, 0.05) is 58.7 Å². The third kappa shape index (κ3) is 4.07. The second-order valence-electron chi connectivity index (χ2n) is 7.24. The molecule has 0 aliphatic carbocycles. The number of piperazine rings is 1. The summed E-state index contributed by atoms with van der Waals surface area (Å²) < 4.78 is 5.91. The van der Waals surface area contributed by atoms with E-state index in [0.29, 0.717) is 18.2 Å². The van der Waals surface area contributed by atoms with Crippen LogP contribution in [-0.2, 0) is 4.74 Å². The average molecular weight is 359 g/mol. The van der Waals surface area contributed by atoms with Crippen molar-refractivity contribution < 1.29 is 4.74 Å². The van der Waals surface area contributed by atoms with E-state index >= 15 is 0 Å². The van der Waals surface area contributed by atoms with E-state index in [2.05, 4.69) is 35.4 Å². The molecule has 3 unspecified atom stereocenters. The van der Waals surface area contributed by atoms with Gasteiger partial charge in [-0.3, -0.25) is 9.89 Å². The number of nitrogens with one attached hydrogen (secondary N) is 2. The third-order valence-electron chi connectivity index (χ3n) is 5.58. The Morgan fingerprint density at radius 2 is 2.04 bits per heavy atom. The molecular weight excluding hydrogens is 330 g/mol. The van der Waals surface area contributed by atoms with Crippen LogP contribution in [0.3, 0.4) is 0 Å². The molecule has 0 aromatic carbocycles. The van der Waals surface area contributed by atoms with Gasteiger partial charge in [-0.05, 0) is 25.3 Å². The molecule has 1 aromatic heterocycles. The summed E-state index contributed by atoms with van der Waals surface area (Å²) >= 11 is 0. The minimum absolute atomic E-state index is 0.367. The molecule has 0 radical (unpaired) electrons. The molecule has 0 amide bonds. The lowest BCUT2D eigenvalue weighted by Crippen LogP contribution is -2.51. The molecule has 26 heavy (non-hydrogen) atoms. The number of fused-ring (bicyclic) bond motifs is 2. The van der Waals surface area contributed by atoms with E-state index in [-0.39, 0.29) is 0 Å². The molecule has 3 aliphatic rings. The molecule has 2 N–H and O–H groups in total. The summed E-state index contributed by atoms with van der Waals surface area (Å²) in [6.45, 7) is 5.91. The van der Waals surface area contributed by atoms with Gasteiger partial charge in [-0.2, -0.15) is 0 Å². The summed E-state index contributed by atoms with van der Waals surface area (Å²) in [5.74, 6) is 1.73. The average Bonchev–Trinajstić information content (AvgIpc) is 3.31. The van der Waals surface area contributed by atoms with Crippen LogP contribution in [0.2, 0.25) is 0 Å². The van der Waals surface area contributed by atoms with Crippen molar-refractivity contribution in [3.8, 4) is 0 Å². The van der Waals surface area contributed by atoms with Crippen molar-refractivity contribution in [3.05, 3.63) is 18.5 Å². The van der Waals surface area contributed by atoms with Crippen molar-refractivity contribution in [2.45, 2.75) is 37.5 Å². The quantitative estimate of drug-likeness (QED) is 0.570. The van der Waals surface area contributed by atoms with Crippen LogP contribution in [0.5, 0.6) is 0 Å². The van der Waals surface area contributed by atoms with Crippen molar-refractivity contribution in [2.75, 3.05) is 51.2 Å². The minimum Gasteiger partial charge on any atom is -0.373 e. The minimum atomic E-state index is 0.367. The standard InChI is InChI=1S/C18H29N7O/c1-19-17(23-15-13-14-3-4-16(15)26-14)20-7-8-24-9-11-25(12-10-24)18-21-5-2-6-22-18/h2,5-6,14-16H,3-4,7-13H2,1H3,(H2,19,20,23). The Labute approximate surface area is 155 Å². The highest BCUT2D eigenvalue weighted by Gasteiger charge is 2.41. The Bertz CT molecular complexity index is 603. The van der Waals surface area contributed by atoms with Crippen LogP contribution < -0.4 is 15.5 Å². The molecule has 3 saturated heterocycles. The molecule has 8 heteroatoms. The van der Waals surface area contributed by atoms with Gasteiger partial charge in [-0.25, -0.2) is 9.97 Å². The van der Waals surface area contributed by atoms with Crippen molar-refractivity contribution in [2.24, 2.45) is 4.99 Å². The van der Waals surface area contributed by atoms with Crippen LogP contribution in [0, 0.1) is 0 Å². The number of guanidine groups is 1. The van der Waals surface area contributed by atoms with E-state index in [0.717, 1.165) is 57.6 Å². The Balaban J connectivity index is 1.16. The molecule has 0 spiro atoms. The number of anilines is 1. The van der Waals surface area contributed by atoms with Gasteiger partial charge in [0.15, 0.2) is 5.96 Å². The maximum Gasteiger partial charge on any atom is 0.225 e. The molecule has 3 atom stereocenters. The third-order valence-corrected chi connectivity index (χ3v) is 5.58. The lowest BCUT2D eigenvalue weighted by atomic mass is 9.96. The summed E-state index contributed by atoms with van der Waals surface area (Å²) in [5, 5.41) is 6.98. The van der Waals surface area contributed by atoms with Crippen LogP contribution in [0.4, 0.5) is 5.95 Å². The Hall–Kier alpha value is -1.93. The smallest absolute Gasteiger partial charge is 0.225 e. The fourth-order valence-corrected chi connectivity index (χ4v) is 4.12. The Morgan fingerprint density at radius 3 is 2.69 bits per heavy atom. The van der Waals surface area contributed by atoms with E-state index in [1.807, 2.05) is 13.1 Å². The van der Waals surface area contributed by atoms with E-state index < -0.39 is 0 Å². The largest absolute Gasteiger partial charge is 0.373 e. The Morgan fingerprint density at radius 1 is 1.23 bits per heavy atom. The second kappa shape index (κ2) is 8.18. The molecule has 8 nitrogen and oxygen atoms in total. The molecule has 1 aromatic rings. The molecular formula is C18H29N7O. The van der Waals surface area contributed by atoms with Crippen LogP contribution >= 0.6 is 0 Å². The number of hydrogen-bond acceptors (Lipinski definition) is 6. The monoisotopic (exact) mass is 359 g/mol. The second-order valence-corrected chi connectivity index (χ2v) is 7.24. The van der Waals surface area contributed by atoms with Gasteiger partial charge in [0.1, 0.15) is 0 Å². The van der Waals surface area contributed by atoms with E-state index in [9.17, 15) is 0 Å². The first-order valence-corrected chi connectivity index (χ1v) is 9.69. The van der Waals surface area contributed by atoms with Crippen molar-refractivity contribution >= 4 is 11.9 Å². The molecule has 4 rings (SSSR count). The summed E-state index contributed by atoms with van der Waals surface area (Å²) in [6, 6.07) is 2.27. The van der Waals surface area contributed by atoms with Crippen LogP contribution in [0.1, 0.15) is 19.3 Å². The lowest BCUT2D eigenvalue weighted by molar-refractivity contribution is 0.0992. The molecule has 3 fully saturated rings. The first kappa shape index (κ1) is 17.5. The van der Waals surface area contributed by atoms with Crippen molar-refractivity contribution in [1.82, 2.24) is 25.5 Å². The van der Waals surface area contributed by atoms with Crippen LogP contribution in [0.15, 0.2) is 23.5 Å².